The quantitative estimate of drug-likeness (QED) is 0.548. The summed E-state index contributed by atoms with van der Waals surface area (Å²) in [5.41, 5.74) is 3.38. The summed E-state index contributed by atoms with van der Waals surface area (Å²) in [6.45, 7) is 4.24. The zero-order chi connectivity index (χ0) is 22.1. The van der Waals surface area contributed by atoms with Crippen molar-refractivity contribution in [3.05, 3.63) is 47.4 Å². The smallest absolute Gasteiger partial charge is 0.405 e. The van der Waals surface area contributed by atoms with Gasteiger partial charge in [0.1, 0.15) is 11.9 Å². The summed E-state index contributed by atoms with van der Waals surface area (Å²) < 4.78 is 0. The molecule has 0 saturated carbocycles. The Kier molecular flexibility index (Phi) is 5.82. The summed E-state index contributed by atoms with van der Waals surface area (Å²) in [6.07, 6.45) is 2.02. The Morgan fingerprint density at radius 1 is 1.29 bits per heavy atom. The van der Waals surface area contributed by atoms with E-state index >= 15 is 0 Å². The van der Waals surface area contributed by atoms with Gasteiger partial charge in [0.05, 0.1) is 27.8 Å². The first-order chi connectivity index (χ1) is 14.8. The molecular formula is C22H24ClN5O3. The number of nitrogens with one attached hydrogen (secondary N) is 2. The molecule has 1 aromatic carbocycles. The van der Waals surface area contributed by atoms with E-state index < -0.39 is 12.1 Å². The minimum Gasteiger partial charge on any atom is -0.465 e. The average molecular weight is 442 g/mol. The van der Waals surface area contributed by atoms with Crippen LogP contribution < -0.4 is 5.32 Å². The number of H-pyrrole nitrogens is 1. The Hall–Kier alpha value is -3.13. The van der Waals surface area contributed by atoms with Crippen molar-refractivity contribution in [2.75, 3.05) is 6.54 Å². The molecule has 1 aliphatic heterocycles. The molecule has 0 radical (unpaired) electrons. The Labute approximate surface area is 184 Å². The molecule has 0 aliphatic carbocycles. The minimum absolute atomic E-state index is 0.157. The van der Waals surface area contributed by atoms with Gasteiger partial charge in [-0.25, -0.2) is 9.78 Å². The first-order valence-corrected chi connectivity index (χ1v) is 10.6. The van der Waals surface area contributed by atoms with Crippen molar-refractivity contribution in [1.29, 1.82) is 0 Å². The Bertz CT molecular complexity index is 1110. The lowest BCUT2D eigenvalue weighted by Crippen LogP contribution is -2.50. The molecule has 1 fully saturated rings. The Morgan fingerprint density at radius 2 is 2.10 bits per heavy atom. The number of rotatable bonds is 5. The Morgan fingerprint density at radius 3 is 2.77 bits per heavy atom. The third-order valence-electron chi connectivity index (χ3n) is 5.59. The molecule has 31 heavy (non-hydrogen) atoms. The third kappa shape index (κ3) is 4.34. The van der Waals surface area contributed by atoms with E-state index in [0.717, 1.165) is 35.1 Å². The molecule has 2 amide bonds. The molecule has 4 rings (SSSR count). The molecule has 9 heteroatoms. The van der Waals surface area contributed by atoms with Crippen LogP contribution in [0.2, 0.25) is 5.02 Å². The molecular weight excluding hydrogens is 418 g/mol. The number of hydrogen-bond acceptors (Lipinski definition) is 4. The lowest BCUT2D eigenvalue weighted by Gasteiger charge is -2.29. The summed E-state index contributed by atoms with van der Waals surface area (Å²) in [4.78, 5) is 38.5. The maximum absolute atomic E-state index is 13.1. The van der Waals surface area contributed by atoms with Crippen LogP contribution in [0.15, 0.2) is 36.5 Å². The predicted molar refractivity (Wildman–Crippen MR) is 118 cm³/mol. The van der Waals surface area contributed by atoms with Crippen molar-refractivity contribution >= 4 is 34.6 Å². The van der Waals surface area contributed by atoms with Gasteiger partial charge < -0.3 is 20.3 Å². The van der Waals surface area contributed by atoms with Gasteiger partial charge in [0.25, 0.3) is 0 Å². The first-order valence-electron chi connectivity index (χ1n) is 10.2. The number of amides is 2. The number of nitrogens with zero attached hydrogens (tertiary/aromatic N) is 3. The fourth-order valence-electron chi connectivity index (χ4n) is 4.03. The zero-order valence-electron chi connectivity index (χ0n) is 17.3. The molecule has 3 aromatic rings. The van der Waals surface area contributed by atoms with Gasteiger partial charge in [-0.05, 0) is 43.0 Å². The minimum atomic E-state index is -1.20. The zero-order valence-corrected chi connectivity index (χ0v) is 18.1. The largest absolute Gasteiger partial charge is 0.465 e. The van der Waals surface area contributed by atoms with Crippen LogP contribution in [0.25, 0.3) is 22.3 Å². The summed E-state index contributed by atoms with van der Waals surface area (Å²) in [5, 5.41) is 12.1. The molecule has 2 aromatic heterocycles. The highest BCUT2D eigenvalue weighted by Crippen LogP contribution is 2.33. The second-order valence-corrected chi connectivity index (χ2v) is 8.51. The van der Waals surface area contributed by atoms with Crippen LogP contribution in [-0.4, -0.2) is 49.5 Å². The van der Waals surface area contributed by atoms with Crippen LogP contribution in [0.5, 0.6) is 0 Å². The highest BCUT2D eigenvalue weighted by atomic mass is 35.5. The van der Waals surface area contributed by atoms with Crippen molar-refractivity contribution in [2.24, 2.45) is 5.92 Å². The van der Waals surface area contributed by atoms with Crippen molar-refractivity contribution in [3.8, 4) is 11.3 Å². The van der Waals surface area contributed by atoms with Gasteiger partial charge in [0.2, 0.25) is 5.91 Å². The highest BCUT2D eigenvalue weighted by molar-refractivity contribution is 6.30. The van der Waals surface area contributed by atoms with Crippen molar-refractivity contribution in [3.63, 3.8) is 0 Å². The summed E-state index contributed by atoms with van der Waals surface area (Å²) >= 11 is 5.93. The molecule has 8 nitrogen and oxygen atoms in total. The SMILES string of the molecule is CC(C)[C@H](NC(=O)O)C(=O)N1CCC[C@H]1c1nc2cc(-c3ccc(Cl)cn3)ccc2[nH]1. The van der Waals surface area contributed by atoms with E-state index in [-0.39, 0.29) is 17.9 Å². The number of aromatic amines is 1. The number of aromatic nitrogens is 3. The maximum atomic E-state index is 13.1. The number of hydrogen-bond donors (Lipinski definition) is 3. The molecule has 162 valence electrons. The van der Waals surface area contributed by atoms with Gasteiger partial charge >= 0.3 is 6.09 Å². The monoisotopic (exact) mass is 441 g/mol. The molecule has 3 N–H and O–H groups in total. The van der Waals surface area contributed by atoms with Crippen molar-refractivity contribution < 1.29 is 14.7 Å². The molecule has 3 heterocycles. The van der Waals surface area contributed by atoms with E-state index in [9.17, 15) is 9.59 Å². The number of fused-ring (bicyclic) bond motifs is 1. The molecule has 0 bridgehead atoms. The lowest BCUT2D eigenvalue weighted by atomic mass is 10.0. The molecule has 1 aliphatic rings. The fraction of sp³-hybridized carbons (Fsp3) is 0.364. The van der Waals surface area contributed by atoms with E-state index in [1.54, 1.807) is 17.2 Å². The third-order valence-corrected chi connectivity index (χ3v) is 5.81. The Balaban J connectivity index is 1.62. The molecule has 0 unspecified atom stereocenters. The number of carboxylic acid groups (broad SMARTS) is 1. The normalized spacial score (nSPS) is 17.3. The number of halogens is 1. The number of pyridine rings is 1. The van der Waals surface area contributed by atoms with Gasteiger partial charge in [-0.3, -0.25) is 9.78 Å². The van der Waals surface area contributed by atoms with Crippen LogP contribution in [0.3, 0.4) is 0 Å². The van der Waals surface area contributed by atoms with Gasteiger partial charge in [-0.15, -0.1) is 0 Å². The van der Waals surface area contributed by atoms with Crippen LogP contribution in [0.4, 0.5) is 4.79 Å². The number of carbonyl (C=O) groups excluding carboxylic acids is 1. The van der Waals surface area contributed by atoms with E-state index in [1.807, 2.05) is 38.1 Å². The second kappa shape index (κ2) is 8.55. The fourth-order valence-corrected chi connectivity index (χ4v) is 4.14. The van der Waals surface area contributed by atoms with E-state index in [0.29, 0.717) is 17.4 Å². The van der Waals surface area contributed by atoms with Crippen LogP contribution in [0.1, 0.15) is 38.6 Å². The first kappa shape index (κ1) is 21.1. The molecule has 1 saturated heterocycles. The van der Waals surface area contributed by atoms with Gasteiger partial charge in [-0.1, -0.05) is 31.5 Å². The topological polar surface area (TPSA) is 111 Å². The van der Waals surface area contributed by atoms with E-state index in [1.165, 1.54) is 0 Å². The maximum Gasteiger partial charge on any atom is 0.405 e. The number of carbonyl (C=O) groups is 2. The van der Waals surface area contributed by atoms with Crippen LogP contribution >= 0.6 is 11.6 Å². The summed E-state index contributed by atoms with van der Waals surface area (Å²) in [5.74, 6) is 0.335. The lowest BCUT2D eigenvalue weighted by molar-refractivity contribution is -0.135. The van der Waals surface area contributed by atoms with Gasteiger partial charge in [-0.2, -0.15) is 0 Å². The standard InChI is InChI=1S/C22H24ClN5O3/c1-12(2)19(27-22(30)31)21(29)28-9-3-4-18(28)20-25-16-7-5-13(10-17(16)26-20)15-8-6-14(23)11-24-15/h5-8,10-12,18-19,27H,3-4,9H2,1-2H3,(H,25,26)(H,30,31)/t18-,19-/m0/s1. The summed E-state index contributed by atoms with van der Waals surface area (Å²) in [6, 6.07) is 8.51. The van der Waals surface area contributed by atoms with Crippen molar-refractivity contribution in [1.82, 2.24) is 25.2 Å². The summed E-state index contributed by atoms with van der Waals surface area (Å²) in [7, 11) is 0. The highest BCUT2D eigenvalue weighted by Gasteiger charge is 2.37. The van der Waals surface area contributed by atoms with Crippen LogP contribution in [0, 0.1) is 5.92 Å². The van der Waals surface area contributed by atoms with Gasteiger partial charge in [0.15, 0.2) is 0 Å². The number of benzene rings is 1. The molecule has 0 spiro atoms. The second-order valence-electron chi connectivity index (χ2n) is 8.08. The van der Waals surface area contributed by atoms with Gasteiger partial charge in [0, 0.05) is 18.3 Å². The van der Waals surface area contributed by atoms with Crippen LogP contribution in [-0.2, 0) is 4.79 Å². The number of imidazole rings is 1. The molecule has 2 atom stereocenters. The average Bonchev–Trinajstić information content (AvgIpc) is 3.38. The predicted octanol–water partition coefficient (Wildman–Crippen LogP) is 4.23. The number of likely N-dealkylation sites (tertiary alicyclic amines) is 1. The van der Waals surface area contributed by atoms with Crippen molar-refractivity contribution in [2.45, 2.75) is 38.8 Å². The van der Waals surface area contributed by atoms with E-state index in [2.05, 4.69) is 15.3 Å². The van der Waals surface area contributed by atoms with E-state index in [4.69, 9.17) is 21.7 Å².